The molecule has 0 spiro atoms. The van der Waals surface area contributed by atoms with Gasteiger partial charge in [0.05, 0.1) is 31.7 Å². The smallest absolute Gasteiger partial charge is 0.308 e. The molecule has 124 valence electrons. The maximum Gasteiger partial charge on any atom is 0.308 e. The van der Waals surface area contributed by atoms with Crippen molar-refractivity contribution in [1.29, 1.82) is 0 Å². The lowest BCUT2D eigenvalue weighted by molar-refractivity contribution is -0.167. The molecule has 2 atom stereocenters. The highest BCUT2D eigenvalue weighted by Gasteiger charge is 2.49. The molecule has 0 radical (unpaired) electrons. The van der Waals surface area contributed by atoms with E-state index in [9.17, 15) is 14.7 Å². The molecule has 1 aromatic rings. The first-order chi connectivity index (χ1) is 11.0. The van der Waals surface area contributed by atoms with Crippen molar-refractivity contribution in [3.05, 3.63) is 29.8 Å². The van der Waals surface area contributed by atoms with Crippen LogP contribution in [0.2, 0.25) is 0 Å². The van der Waals surface area contributed by atoms with Crippen molar-refractivity contribution in [3.63, 3.8) is 0 Å². The van der Waals surface area contributed by atoms with Gasteiger partial charge < -0.3 is 19.5 Å². The van der Waals surface area contributed by atoms with Crippen LogP contribution in [0.25, 0.3) is 0 Å². The van der Waals surface area contributed by atoms with Crippen LogP contribution in [-0.4, -0.2) is 55.3 Å². The van der Waals surface area contributed by atoms with Crippen molar-refractivity contribution in [2.45, 2.75) is 12.8 Å². The van der Waals surface area contributed by atoms with Crippen molar-refractivity contribution in [2.24, 2.45) is 11.3 Å². The molecule has 1 N–H and O–H groups in total. The Morgan fingerprint density at radius 1 is 1.30 bits per heavy atom. The Morgan fingerprint density at radius 2 is 2.00 bits per heavy atom. The summed E-state index contributed by atoms with van der Waals surface area (Å²) in [7, 11) is 1.57. The Balaban J connectivity index is 1.87. The highest BCUT2D eigenvalue weighted by Crippen LogP contribution is 2.40. The van der Waals surface area contributed by atoms with Gasteiger partial charge in [-0.05, 0) is 18.6 Å². The molecule has 0 unspecified atom stereocenters. The number of aliphatic carboxylic acids is 1. The van der Waals surface area contributed by atoms with Gasteiger partial charge in [-0.25, -0.2) is 0 Å². The van der Waals surface area contributed by atoms with Crippen molar-refractivity contribution >= 4 is 11.9 Å². The van der Waals surface area contributed by atoms with Gasteiger partial charge in [0.25, 0.3) is 0 Å². The van der Waals surface area contributed by atoms with Crippen LogP contribution >= 0.6 is 0 Å². The van der Waals surface area contributed by atoms with Crippen LogP contribution in [0.1, 0.15) is 18.4 Å². The summed E-state index contributed by atoms with van der Waals surface area (Å²) in [5.41, 5.74) is 0.325. The first-order valence-electron chi connectivity index (χ1n) is 7.69. The number of methoxy groups -OCH3 is 1. The average molecular weight is 319 g/mol. The number of likely N-dealkylation sites (tertiary alicyclic amines) is 1. The molecule has 23 heavy (non-hydrogen) atoms. The van der Waals surface area contributed by atoms with Crippen LogP contribution in [0, 0.1) is 11.3 Å². The molecular formula is C17H21NO5. The van der Waals surface area contributed by atoms with Gasteiger partial charge in [0, 0.05) is 19.0 Å². The standard InChI is InChI=1S/C17H21NO5/c1-17(9-23-10-17)16(21)18-7-12(13(8-18)15(19)20)11-5-3-4-6-14(11)22-2/h3-6,12-13H,7-10H2,1-2H3,(H,19,20)/t12-,13+/m0/s1. The molecule has 6 heteroatoms. The van der Waals surface area contributed by atoms with Crippen molar-refractivity contribution in [1.82, 2.24) is 4.90 Å². The van der Waals surface area contributed by atoms with Crippen LogP contribution in [0.3, 0.4) is 0 Å². The monoisotopic (exact) mass is 319 g/mol. The van der Waals surface area contributed by atoms with E-state index in [0.717, 1.165) is 5.56 Å². The van der Waals surface area contributed by atoms with Gasteiger partial charge >= 0.3 is 5.97 Å². The predicted molar refractivity (Wildman–Crippen MR) is 82.4 cm³/mol. The molecule has 1 amide bonds. The van der Waals surface area contributed by atoms with Crippen LogP contribution in [0.5, 0.6) is 5.75 Å². The normalized spacial score (nSPS) is 25.7. The number of rotatable bonds is 4. The summed E-state index contributed by atoms with van der Waals surface area (Å²) in [6, 6.07) is 7.41. The number of benzene rings is 1. The summed E-state index contributed by atoms with van der Waals surface area (Å²) in [5.74, 6) is -1.13. The number of hydrogen-bond donors (Lipinski definition) is 1. The predicted octanol–water partition coefficient (Wildman–Crippen LogP) is 1.36. The number of nitrogens with zero attached hydrogens (tertiary/aromatic N) is 1. The third-order valence-electron chi connectivity index (χ3n) is 4.82. The topological polar surface area (TPSA) is 76.1 Å². The maximum atomic E-state index is 12.7. The number of carboxylic acids is 1. The van der Waals surface area contributed by atoms with Crippen molar-refractivity contribution in [3.8, 4) is 5.75 Å². The van der Waals surface area contributed by atoms with Crippen molar-refractivity contribution in [2.75, 3.05) is 33.4 Å². The average Bonchev–Trinajstić information content (AvgIpc) is 2.97. The van der Waals surface area contributed by atoms with E-state index in [1.807, 2.05) is 31.2 Å². The molecule has 1 aromatic carbocycles. The minimum Gasteiger partial charge on any atom is -0.496 e. The Hall–Kier alpha value is -2.08. The summed E-state index contributed by atoms with van der Waals surface area (Å²) in [6.45, 7) is 3.29. The molecule has 3 rings (SSSR count). The summed E-state index contributed by atoms with van der Waals surface area (Å²) in [5, 5.41) is 9.58. The van der Waals surface area contributed by atoms with E-state index in [1.165, 1.54) is 0 Å². The highest BCUT2D eigenvalue weighted by atomic mass is 16.5. The molecule has 2 saturated heterocycles. The summed E-state index contributed by atoms with van der Waals surface area (Å²) in [6.07, 6.45) is 0. The SMILES string of the molecule is COc1ccccc1[C@@H]1CN(C(=O)C2(C)COC2)C[C@H]1C(=O)O. The molecular weight excluding hydrogens is 298 g/mol. The second kappa shape index (κ2) is 5.85. The van der Waals surface area contributed by atoms with Gasteiger partial charge in [0.2, 0.25) is 5.91 Å². The lowest BCUT2D eigenvalue weighted by Gasteiger charge is -2.39. The van der Waals surface area contributed by atoms with Gasteiger partial charge in [-0.15, -0.1) is 0 Å². The van der Waals surface area contributed by atoms with E-state index in [2.05, 4.69) is 0 Å². The Labute approximate surface area is 135 Å². The lowest BCUT2D eigenvalue weighted by atomic mass is 9.87. The third-order valence-corrected chi connectivity index (χ3v) is 4.82. The quantitative estimate of drug-likeness (QED) is 0.907. The van der Waals surface area contributed by atoms with E-state index in [-0.39, 0.29) is 18.4 Å². The fraction of sp³-hybridized carbons (Fsp3) is 0.529. The highest BCUT2D eigenvalue weighted by molar-refractivity contribution is 5.85. The minimum atomic E-state index is -0.883. The lowest BCUT2D eigenvalue weighted by Crippen LogP contribution is -2.53. The van der Waals surface area contributed by atoms with Crippen molar-refractivity contribution < 1.29 is 24.2 Å². The number of carbonyl (C=O) groups is 2. The molecule has 2 fully saturated rings. The van der Waals surface area contributed by atoms with Gasteiger partial charge in [0.1, 0.15) is 5.75 Å². The number of amides is 1. The van der Waals surface area contributed by atoms with E-state index >= 15 is 0 Å². The summed E-state index contributed by atoms with van der Waals surface area (Å²) >= 11 is 0. The Morgan fingerprint density at radius 3 is 2.57 bits per heavy atom. The summed E-state index contributed by atoms with van der Waals surface area (Å²) in [4.78, 5) is 26.0. The van der Waals surface area contributed by atoms with Gasteiger partial charge in [-0.1, -0.05) is 18.2 Å². The Bertz CT molecular complexity index is 625. The van der Waals surface area contributed by atoms with Crippen LogP contribution in [-0.2, 0) is 14.3 Å². The van der Waals surface area contributed by atoms with Gasteiger partial charge in [0.15, 0.2) is 0 Å². The zero-order valence-corrected chi connectivity index (χ0v) is 13.3. The number of ether oxygens (including phenoxy) is 2. The fourth-order valence-electron chi connectivity index (χ4n) is 3.42. The zero-order chi connectivity index (χ0) is 16.6. The second-order valence-electron chi connectivity index (χ2n) is 6.56. The van der Waals surface area contributed by atoms with E-state index in [0.29, 0.717) is 25.5 Å². The fourth-order valence-corrected chi connectivity index (χ4v) is 3.42. The number of hydrogen-bond acceptors (Lipinski definition) is 4. The maximum absolute atomic E-state index is 12.7. The van der Waals surface area contributed by atoms with Crippen LogP contribution in [0.15, 0.2) is 24.3 Å². The first-order valence-corrected chi connectivity index (χ1v) is 7.69. The zero-order valence-electron chi connectivity index (χ0n) is 13.3. The number of carbonyl (C=O) groups excluding carboxylic acids is 1. The van der Waals surface area contributed by atoms with Crippen LogP contribution in [0.4, 0.5) is 0 Å². The first kappa shape index (κ1) is 15.8. The Kier molecular flexibility index (Phi) is 4.02. The molecule has 2 aliphatic rings. The summed E-state index contributed by atoms with van der Waals surface area (Å²) < 4.78 is 10.5. The second-order valence-corrected chi connectivity index (χ2v) is 6.56. The van der Waals surface area contributed by atoms with E-state index in [4.69, 9.17) is 9.47 Å². The number of para-hydroxylation sites is 1. The van der Waals surface area contributed by atoms with Crippen LogP contribution < -0.4 is 4.74 Å². The largest absolute Gasteiger partial charge is 0.496 e. The molecule has 0 aromatic heterocycles. The molecule has 0 saturated carbocycles. The number of carboxylic acid groups (broad SMARTS) is 1. The van der Waals surface area contributed by atoms with E-state index in [1.54, 1.807) is 12.0 Å². The molecule has 0 bridgehead atoms. The molecule has 0 aliphatic carbocycles. The molecule has 2 aliphatic heterocycles. The van der Waals surface area contributed by atoms with Gasteiger partial charge in [-0.3, -0.25) is 9.59 Å². The molecule has 2 heterocycles. The molecule has 6 nitrogen and oxygen atoms in total. The minimum absolute atomic E-state index is 0.0209. The van der Waals surface area contributed by atoms with E-state index < -0.39 is 17.3 Å². The van der Waals surface area contributed by atoms with Gasteiger partial charge in [-0.2, -0.15) is 0 Å². The third kappa shape index (κ3) is 2.67.